The first-order valence-electron chi connectivity index (χ1n) is 11.6. The minimum Gasteiger partial charge on any atom is -0.461 e. The molecule has 4 rings (SSSR count). The lowest BCUT2D eigenvalue weighted by Gasteiger charge is -2.41. The molecule has 0 saturated heterocycles. The van der Waals surface area contributed by atoms with Gasteiger partial charge in [0.2, 0.25) is 0 Å². The zero-order valence-electron chi connectivity index (χ0n) is 18.5. The molecule has 0 spiro atoms. The summed E-state index contributed by atoms with van der Waals surface area (Å²) in [5.41, 5.74) is 0.253. The third-order valence-corrected chi connectivity index (χ3v) is 8.02. The number of rotatable bonds is 7. The molecule has 2 amide bonds. The van der Waals surface area contributed by atoms with Crippen LogP contribution in [-0.4, -0.2) is 50.5 Å². The lowest BCUT2D eigenvalue weighted by atomic mass is 9.89. The van der Waals surface area contributed by atoms with Crippen molar-refractivity contribution in [3.63, 3.8) is 0 Å². The van der Waals surface area contributed by atoms with Crippen LogP contribution in [0, 0.1) is 0 Å². The number of aromatic nitrogens is 3. The minimum absolute atomic E-state index is 0.0164. The topological polar surface area (TPSA) is 100 Å². The van der Waals surface area contributed by atoms with Crippen LogP contribution in [0.25, 0.3) is 0 Å². The van der Waals surface area contributed by atoms with Crippen molar-refractivity contribution in [1.29, 1.82) is 0 Å². The van der Waals surface area contributed by atoms with Gasteiger partial charge in [0.05, 0.1) is 17.0 Å². The Labute approximate surface area is 196 Å². The molecule has 2 fully saturated rings. The maximum absolute atomic E-state index is 13.3. The van der Waals surface area contributed by atoms with Crippen LogP contribution >= 0.6 is 23.1 Å². The van der Waals surface area contributed by atoms with Gasteiger partial charge in [-0.15, -0.1) is 0 Å². The van der Waals surface area contributed by atoms with Crippen molar-refractivity contribution in [2.75, 3.05) is 11.9 Å². The van der Waals surface area contributed by atoms with Gasteiger partial charge in [0.25, 0.3) is 0 Å². The molecule has 0 radical (unpaired) electrons. The number of carbonyl (C=O) groups is 2. The van der Waals surface area contributed by atoms with Gasteiger partial charge >= 0.3 is 12.0 Å². The molecule has 32 heavy (non-hydrogen) atoms. The van der Waals surface area contributed by atoms with Crippen LogP contribution in [0.3, 0.4) is 0 Å². The van der Waals surface area contributed by atoms with E-state index in [9.17, 15) is 9.59 Å². The van der Waals surface area contributed by atoms with E-state index in [1.165, 1.54) is 67.8 Å². The van der Waals surface area contributed by atoms with Crippen molar-refractivity contribution in [1.82, 2.24) is 19.9 Å². The molecule has 2 aromatic heterocycles. The summed E-state index contributed by atoms with van der Waals surface area (Å²) in [6, 6.07) is 0.660. The predicted molar refractivity (Wildman–Crippen MR) is 125 cm³/mol. The van der Waals surface area contributed by atoms with Crippen molar-refractivity contribution in [3.8, 4) is 0 Å². The fraction of sp³-hybridized carbons (Fsp3) is 0.636. The number of imidazole rings is 1. The van der Waals surface area contributed by atoms with E-state index in [0.717, 1.165) is 29.9 Å². The first-order chi connectivity index (χ1) is 15.6. The second-order valence-corrected chi connectivity index (χ2v) is 10.6. The van der Waals surface area contributed by atoms with E-state index in [0.29, 0.717) is 29.0 Å². The van der Waals surface area contributed by atoms with E-state index in [4.69, 9.17) is 4.74 Å². The monoisotopic (exact) mass is 477 g/mol. The number of anilines is 1. The van der Waals surface area contributed by atoms with Crippen molar-refractivity contribution in [2.24, 2.45) is 0 Å². The quantitative estimate of drug-likeness (QED) is 0.497. The van der Waals surface area contributed by atoms with Gasteiger partial charge < -0.3 is 14.6 Å². The maximum Gasteiger partial charge on any atom is 0.358 e. The largest absolute Gasteiger partial charge is 0.461 e. The van der Waals surface area contributed by atoms with Gasteiger partial charge in [-0.05, 0) is 44.4 Å². The summed E-state index contributed by atoms with van der Waals surface area (Å²) in [5.74, 6) is -0.446. The molecule has 174 valence electrons. The van der Waals surface area contributed by atoms with E-state index >= 15 is 0 Å². The lowest BCUT2D eigenvalue weighted by molar-refractivity contribution is 0.0519. The minimum atomic E-state index is -0.446. The Morgan fingerprint density at radius 2 is 1.81 bits per heavy atom. The highest BCUT2D eigenvalue weighted by atomic mass is 32.2. The summed E-state index contributed by atoms with van der Waals surface area (Å²) < 4.78 is 5.85. The van der Waals surface area contributed by atoms with Crippen molar-refractivity contribution in [3.05, 3.63) is 18.1 Å². The highest BCUT2D eigenvalue weighted by Crippen LogP contribution is 2.34. The third kappa shape index (κ3) is 5.83. The van der Waals surface area contributed by atoms with Gasteiger partial charge in [-0.2, -0.15) is 0 Å². The third-order valence-electron chi connectivity index (χ3n) is 6.11. The summed E-state index contributed by atoms with van der Waals surface area (Å²) >= 11 is 2.78. The lowest BCUT2D eigenvalue weighted by Crippen LogP contribution is -2.50. The number of hydrogen-bond donors (Lipinski definition) is 2. The molecule has 0 bridgehead atoms. The van der Waals surface area contributed by atoms with Crippen LogP contribution < -0.4 is 5.32 Å². The number of nitrogens with zero attached hydrogens (tertiary/aromatic N) is 3. The number of hydrogen-bond acceptors (Lipinski definition) is 7. The molecule has 10 heteroatoms. The number of nitrogens with one attached hydrogen (secondary N) is 2. The van der Waals surface area contributed by atoms with Crippen molar-refractivity contribution >= 4 is 40.2 Å². The molecule has 2 aliphatic rings. The number of aromatic amines is 1. The number of urea groups is 1. The van der Waals surface area contributed by atoms with Gasteiger partial charge in [0.15, 0.2) is 16.0 Å². The fourth-order valence-electron chi connectivity index (χ4n) is 4.63. The van der Waals surface area contributed by atoms with Crippen LogP contribution in [0.5, 0.6) is 0 Å². The van der Waals surface area contributed by atoms with Crippen LogP contribution in [0.15, 0.2) is 21.8 Å². The number of H-pyrrole nitrogens is 1. The first kappa shape index (κ1) is 23.1. The molecule has 2 heterocycles. The van der Waals surface area contributed by atoms with Crippen molar-refractivity contribution in [2.45, 2.75) is 92.6 Å². The van der Waals surface area contributed by atoms with Gasteiger partial charge in [0, 0.05) is 18.3 Å². The Balaban J connectivity index is 1.39. The summed E-state index contributed by atoms with van der Waals surface area (Å²) in [4.78, 5) is 38.9. The average molecular weight is 478 g/mol. The SMILES string of the molecule is CCOC(=O)c1c[nH]c(Sc2cnc(NC(=O)N(C3CCCCC3)C3CCCCC3)s2)n1. The zero-order chi connectivity index (χ0) is 22.3. The van der Waals surface area contributed by atoms with Gasteiger partial charge in [0.1, 0.15) is 0 Å². The van der Waals surface area contributed by atoms with E-state index < -0.39 is 5.97 Å². The Bertz CT molecular complexity index is 885. The van der Waals surface area contributed by atoms with Gasteiger partial charge in [-0.1, -0.05) is 49.9 Å². The Morgan fingerprint density at radius 3 is 2.44 bits per heavy atom. The number of carbonyl (C=O) groups excluding carboxylic acids is 2. The molecule has 0 aromatic carbocycles. The number of thiazole rings is 1. The van der Waals surface area contributed by atoms with Crippen LogP contribution in [0.4, 0.5) is 9.93 Å². The molecule has 8 nitrogen and oxygen atoms in total. The summed E-state index contributed by atoms with van der Waals surface area (Å²) in [7, 11) is 0. The van der Waals surface area contributed by atoms with Crippen LogP contribution in [0.2, 0.25) is 0 Å². The second kappa shape index (κ2) is 11.2. The number of ether oxygens (including phenoxy) is 1. The van der Waals surface area contributed by atoms with Crippen LogP contribution in [0.1, 0.15) is 81.6 Å². The average Bonchev–Trinajstić information content (AvgIpc) is 3.45. The summed E-state index contributed by atoms with van der Waals surface area (Å²) in [6.45, 7) is 2.07. The number of amides is 2. The standard InChI is InChI=1S/C22H31N5O3S2/c1-2-30-19(28)17-13-23-20(25-17)31-18-14-24-21(32-18)26-22(29)27(15-9-5-3-6-10-15)16-11-7-4-8-12-16/h13-16H,2-12H2,1H3,(H,23,25)(H,24,26,29). The molecule has 0 aliphatic heterocycles. The molecule has 0 atom stereocenters. The Kier molecular flexibility index (Phi) is 8.07. The van der Waals surface area contributed by atoms with E-state index in [-0.39, 0.29) is 11.7 Å². The van der Waals surface area contributed by atoms with Crippen molar-refractivity contribution < 1.29 is 14.3 Å². The zero-order valence-corrected chi connectivity index (χ0v) is 20.1. The maximum atomic E-state index is 13.3. The predicted octanol–water partition coefficient (Wildman–Crippen LogP) is 5.69. The fourth-order valence-corrected chi connectivity index (χ4v) is 6.37. The van der Waals surface area contributed by atoms with Gasteiger partial charge in [-0.25, -0.2) is 19.6 Å². The smallest absolute Gasteiger partial charge is 0.358 e. The Morgan fingerprint density at radius 1 is 1.16 bits per heavy atom. The van der Waals surface area contributed by atoms with Gasteiger partial charge in [-0.3, -0.25) is 5.32 Å². The molecule has 0 unspecified atom stereocenters. The summed E-state index contributed by atoms with van der Waals surface area (Å²) in [6.07, 6.45) is 15.0. The molecular formula is C22H31N5O3S2. The Hall–Kier alpha value is -2.07. The van der Waals surface area contributed by atoms with Crippen LogP contribution in [-0.2, 0) is 4.74 Å². The molecular weight excluding hydrogens is 446 g/mol. The van der Waals surface area contributed by atoms with E-state index in [2.05, 4.69) is 25.2 Å². The number of esters is 1. The first-order valence-corrected chi connectivity index (χ1v) is 13.2. The highest BCUT2D eigenvalue weighted by molar-refractivity contribution is 8.01. The molecule has 2 N–H and O–H groups in total. The molecule has 2 aliphatic carbocycles. The summed E-state index contributed by atoms with van der Waals surface area (Å²) in [5, 5.41) is 4.23. The highest BCUT2D eigenvalue weighted by Gasteiger charge is 2.32. The normalized spacial score (nSPS) is 17.8. The molecule has 2 aromatic rings. The van der Waals surface area contributed by atoms with E-state index in [1.54, 1.807) is 13.1 Å². The van der Waals surface area contributed by atoms with E-state index in [1.807, 2.05) is 0 Å². The molecule has 2 saturated carbocycles. The second-order valence-electron chi connectivity index (χ2n) is 8.32.